The molecule has 0 amide bonds. The molecule has 0 fully saturated rings. The van der Waals surface area contributed by atoms with E-state index >= 15 is 0 Å². The van der Waals surface area contributed by atoms with Crippen LogP contribution in [-0.4, -0.2) is 15.6 Å². The van der Waals surface area contributed by atoms with E-state index < -0.39 is 0 Å². The van der Waals surface area contributed by atoms with Gasteiger partial charge in [0, 0.05) is 17.7 Å². The predicted octanol–water partition coefficient (Wildman–Crippen LogP) is 3.40. The number of Topliss-reactive ketones (excluding diaryl/α,β-unsaturated/α-hetero) is 1. The van der Waals surface area contributed by atoms with Crippen molar-refractivity contribution in [3.8, 4) is 0 Å². The van der Waals surface area contributed by atoms with Gasteiger partial charge in [0.2, 0.25) is 0 Å². The summed E-state index contributed by atoms with van der Waals surface area (Å²) < 4.78 is 1.95. The van der Waals surface area contributed by atoms with E-state index in [-0.39, 0.29) is 11.2 Å². The van der Waals surface area contributed by atoms with Crippen molar-refractivity contribution in [2.24, 2.45) is 5.41 Å². The van der Waals surface area contributed by atoms with Crippen LogP contribution in [0.4, 0.5) is 0 Å². The lowest BCUT2D eigenvalue weighted by atomic mass is 9.83. The van der Waals surface area contributed by atoms with Crippen LogP contribution in [0.15, 0.2) is 12.3 Å². The number of nitrogens with zero attached hydrogens (tertiary/aromatic N) is 2. The minimum absolute atomic E-state index is 0.236. The van der Waals surface area contributed by atoms with Crippen LogP contribution in [0.1, 0.15) is 59.2 Å². The van der Waals surface area contributed by atoms with Gasteiger partial charge < -0.3 is 0 Å². The summed E-state index contributed by atoms with van der Waals surface area (Å²) >= 11 is 0. The van der Waals surface area contributed by atoms with Crippen LogP contribution in [0, 0.1) is 5.41 Å². The maximum atomic E-state index is 12.1. The van der Waals surface area contributed by atoms with Crippen LogP contribution in [0.2, 0.25) is 0 Å². The minimum Gasteiger partial charge on any atom is -0.299 e. The molecule has 1 unspecified atom stereocenters. The summed E-state index contributed by atoms with van der Waals surface area (Å²) in [4.78, 5) is 12.1. The molecule has 0 bridgehead atoms. The smallest absolute Gasteiger partial charge is 0.144 e. The number of carbonyl (C=O) groups excluding carboxylic acids is 1. The lowest BCUT2D eigenvalue weighted by molar-refractivity contribution is -0.126. The third kappa shape index (κ3) is 3.42. The third-order valence-corrected chi connectivity index (χ3v) is 3.69. The lowest BCUT2D eigenvalue weighted by Crippen LogP contribution is -2.25. The van der Waals surface area contributed by atoms with Crippen molar-refractivity contribution >= 4 is 5.78 Å². The maximum Gasteiger partial charge on any atom is 0.144 e. The van der Waals surface area contributed by atoms with E-state index in [9.17, 15) is 4.79 Å². The first-order valence-electron chi connectivity index (χ1n) is 6.48. The molecule has 1 aromatic rings. The number of hydrogen-bond acceptors (Lipinski definition) is 2. The number of rotatable bonds is 6. The van der Waals surface area contributed by atoms with Gasteiger partial charge in [0.05, 0.1) is 12.1 Å². The third-order valence-electron chi connectivity index (χ3n) is 3.69. The van der Waals surface area contributed by atoms with E-state index in [4.69, 9.17) is 0 Å². The molecule has 0 saturated heterocycles. The molecule has 1 aromatic heterocycles. The molecular formula is C14H24N2O. The van der Waals surface area contributed by atoms with Crippen molar-refractivity contribution in [1.29, 1.82) is 0 Å². The summed E-state index contributed by atoms with van der Waals surface area (Å²) in [6, 6.07) is 2.36. The van der Waals surface area contributed by atoms with Gasteiger partial charge in [0.1, 0.15) is 5.78 Å². The summed E-state index contributed by atoms with van der Waals surface area (Å²) in [5, 5.41) is 4.46. The van der Waals surface area contributed by atoms with Crippen LogP contribution < -0.4 is 0 Å². The first-order chi connectivity index (χ1) is 7.90. The highest BCUT2D eigenvalue weighted by Crippen LogP contribution is 2.23. The molecule has 0 aliphatic rings. The van der Waals surface area contributed by atoms with E-state index in [0.29, 0.717) is 12.5 Å². The predicted molar refractivity (Wildman–Crippen MR) is 70.0 cm³/mol. The topological polar surface area (TPSA) is 34.9 Å². The van der Waals surface area contributed by atoms with Gasteiger partial charge in [0.25, 0.3) is 0 Å². The van der Waals surface area contributed by atoms with Crippen LogP contribution in [0.25, 0.3) is 0 Å². The van der Waals surface area contributed by atoms with E-state index in [1.165, 1.54) is 0 Å². The van der Waals surface area contributed by atoms with Gasteiger partial charge in [-0.05, 0) is 25.8 Å². The lowest BCUT2D eigenvalue weighted by Gasteiger charge is -2.20. The standard InChI is InChI=1S/C14H24N2O/c1-6-11(3)16-9-8-12(15-16)10-13(17)14(4,5)7-2/h8-9,11H,6-7,10H2,1-5H3. The summed E-state index contributed by atoms with van der Waals surface area (Å²) in [6.45, 7) is 10.3. The minimum atomic E-state index is -0.236. The Labute approximate surface area is 104 Å². The molecule has 0 spiro atoms. The molecule has 0 aliphatic heterocycles. The quantitative estimate of drug-likeness (QED) is 0.758. The molecule has 1 heterocycles. The molecule has 0 aromatic carbocycles. The Morgan fingerprint density at radius 2 is 2.12 bits per heavy atom. The first kappa shape index (κ1) is 13.9. The van der Waals surface area contributed by atoms with Gasteiger partial charge in [-0.3, -0.25) is 9.48 Å². The van der Waals surface area contributed by atoms with Crippen molar-refractivity contribution in [3.05, 3.63) is 18.0 Å². The first-order valence-corrected chi connectivity index (χ1v) is 6.48. The van der Waals surface area contributed by atoms with E-state index in [0.717, 1.165) is 18.5 Å². The van der Waals surface area contributed by atoms with Gasteiger partial charge in [-0.15, -0.1) is 0 Å². The Morgan fingerprint density at radius 3 is 2.65 bits per heavy atom. The SMILES string of the molecule is CCC(C)n1ccc(CC(=O)C(C)(C)CC)n1. The van der Waals surface area contributed by atoms with Gasteiger partial charge in [-0.2, -0.15) is 5.10 Å². The monoisotopic (exact) mass is 236 g/mol. The molecule has 96 valence electrons. The zero-order valence-corrected chi connectivity index (χ0v) is 11.7. The van der Waals surface area contributed by atoms with Crippen molar-refractivity contribution in [1.82, 2.24) is 9.78 Å². The second-order valence-electron chi connectivity index (χ2n) is 5.38. The highest BCUT2D eigenvalue weighted by Gasteiger charge is 2.25. The van der Waals surface area contributed by atoms with E-state index in [1.54, 1.807) is 0 Å². The van der Waals surface area contributed by atoms with Crippen LogP contribution in [0.5, 0.6) is 0 Å². The summed E-state index contributed by atoms with van der Waals surface area (Å²) in [5.74, 6) is 0.273. The van der Waals surface area contributed by atoms with Crippen LogP contribution in [0.3, 0.4) is 0 Å². The number of ketones is 1. The second kappa shape index (κ2) is 5.48. The van der Waals surface area contributed by atoms with Gasteiger partial charge >= 0.3 is 0 Å². The summed E-state index contributed by atoms with van der Waals surface area (Å²) in [7, 11) is 0. The van der Waals surface area contributed by atoms with E-state index in [1.807, 2.05) is 30.8 Å². The van der Waals surface area contributed by atoms with Crippen molar-refractivity contribution in [2.45, 2.75) is 59.9 Å². The zero-order valence-electron chi connectivity index (χ0n) is 11.7. The van der Waals surface area contributed by atoms with Crippen LogP contribution in [-0.2, 0) is 11.2 Å². The van der Waals surface area contributed by atoms with Gasteiger partial charge in [0.15, 0.2) is 0 Å². The Balaban J connectivity index is 2.70. The summed E-state index contributed by atoms with van der Waals surface area (Å²) in [6.07, 6.45) is 4.34. The molecule has 0 N–H and O–H groups in total. The Morgan fingerprint density at radius 1 is 1.47 bits per heavy atom. The number of hydrogen-bond donors (Lipinski definition) is 0. The zero-order chi connectivity index (χ0) is 13.1. The largest absolute Gasteiger partial charge is 0.299 e. The molecule has 0 aliphatic carbocycles. The van der Waals surface area contributed by atoms with Crippen molar-refractivity contribution in [2.75, 3.05) is 0 Å². The van der Waals surface area contributed by atoms with Gasteiger partial charge in [-0.25, -0.2) is 0 Å². The molecule has 1 atom stereocenters. The Kier molecular flexibility index (Phi) is 4.49. The van der Waals surface area contributed by atoms with Crippen LogP contribution >= 0.6 is 0 Å². The average Bonchev–Trinajstić information content (AvgIpc) is 2.76. The summed E-state index contributed by atoms with van der Waals surface area (Å²) in [5.41, 5.74) is 0.650. The average molecular weight is 236 g/mol. The maximum absolute atomic E-state index is 12.1. The fourth-order valence-electron chi connectivity index (χ4n) is 1.51. The molecule has 3 heteroatoms. The molecular weight excluding hydrogens is 212 g/mol. The van der Waals surface area contributed by atoms with Crippen molar-refractivity contribution in [3.63, 3.8) is 0 Å². The fourth-order valence-corrected chi connectivity index (χ4v) is 1.51. The fraction of sp³-hybridized carbons (Fsp3) is 0.714. The molecule has 0 radical (unpaired) electrons. The Hall–Kier alpha value is -1.12. The number of carbonyl (C=O) groups is 1. The number of aromatic nitrogens is 2. The van der Waals surface area contributed by atoms with E-state index in [2.05, 4.69) is 25.9 Å². The molecule has 17 heavy (non-hydrogen) atoms. The highest BCUT2D eigenvalue weighted by molar-refractivity contribution is 5.85. The molecule has 3 nitrogen and oxygen atoms in total. The Bertz CT molecular complexity index is 379. The van der Waals surface area contributed by atoms with Gasteiger partial charge in [-0.1, -0.05) is 27.7 Å². The highest BCUT2D eigenvalue weighted by atomic mass is 16.1. The normalized spacial score (nSPS) is 13.7. The second-order valence-corrected chi connectivity index (χ2v) is 5.38. The van der Waals surface area contributed by atoms with Crippen molar-refractivity contribution < 1.29 is 4.79 Å². The molecule has 0 saturated carbocycles. The molecule has 1 rings (SSSR count).